The number of hydrogen-bond acceptors (Lipinski definition) is 6. The molecule has 0 N–H and O–H groups in total. The quantitative estimate of drug-likeness (QED) is 0.331. The maximum absolute atomic E-state index is 12.4. The van der Waals surface area contributed by atoms with Crippen molar-refractivity contribution in [3.63, 3.8) is 0 Å². The SMILES string of the molecule is C=C1C(C(=O)OC)[C@H]2CC(C(=O)OCC)(C(=O)OCC)C[C@@H]12. The molecule has 22 heavy (non-hydrogen) atoms. The lowest BCUT2D eigenvalue weighted by Crippen LogP contribution is -2.41. The molecule has 0 saturated heterocycles. The number of methoxy groups -OCH3 is 1. The monoisotopic (exact) mass is 310 g/mol. The van der Waals surface area contributed by atoms with Crippen molar-refractivity contribution in [2.75, 3.05) is 20.3 Å². The van der Waals surface area contributed by atoms with Crippen LogP contribution in [0.15, 0.2) is 12.2 Å². The minimum atomic E-state index is -1.33. The van der Waals surface area contributed by atoms with Gasteiger partial charge in [0.05, 0.1) is 26.2 Å². The molecule has 6 heteroatoms. The number of esters is 3. The van der Waals surface area contributed by atoms with Crippen molar-refractivity contribution < 1.29 is 28.6 Å². The van der Waals surface area contributed by atoms with E-state index < -0.39 is 23.3 Å². The van der Waals surface area contributed by atoms with E-state index in [1.807, 2.05) is 0 Å². The number of hydrogen-bond donors (Lipinski definition) is 0. The van der Waals surface area contributed by atoms with Gasteiger partial charge in [-0.05, 0) is 38.5 Å². The fourth-order valence-corrected chi connectivity index (χ4v) is 3.71. The smallest absolute Gasteiger partial charge is 0.323 e. The Morgan fingerprint density at radius 1 is 1.14 bits per heavy atom. The first-order valence-corrected chi connectivity index (χ1v) is 7.53. The molecule has 2 rings (SSSR count). The number of carbonyl (C=O) groups excluding carboxylic acids is 3. The minimum Gasteiger partial charge on any atom is -0.469 e. The lowest BCUT2D eigenvalue weighted by molar-refractivity contribution is -0.172. The van der Waals surface area contributed by atoms with Crippen LogP contribution >= 0.6 is 0 Å². The normalized spacial score (nSPS) is 28.3. The van der Waals surface area contributed by atoms with E-state index in [4.69, 9.17) is 14.2 Å². The number of rotatable bonds is 5. The van der Waals surface area contributed by atoms with Crippen LogP contribution in [-0.4, -0.2) is 38.2 Å². The summed E-state index contributed by atoms with van der Waals surface area (Å²) in [5.41, 5.74) is -0.597. The molecular weight excluding hydrogens is 288 g/mol. The van der Waals surface area contributed by atoms with Crippen molar-refractivity contribution >= 4 is 17.9 Å². The summed E-state index contributed by atoms with van der Waals surface area (Å²) < 4.78 is 15.0. The Kier molecular flexibility index (Phi) is 4.58. The lowest BCUT2D eigenvalue weighted by Gasteiger charge is -2.40. The molecule has 0 aliphatic heterocycles. The average Bonchev–Trinajstić information content (AvgIpc) is 2.84. The van der Waals surface area contributed by atoms with E-state index in [1.165, 1.54) is 7.11 Å². The second-order valence-electron chi connectivity index (χ2n) is 5.78. The van der Waals surface area contributed by atoms with E-state index in [0.29, 0.717) is 6.42 Å². The number of carbonyl (C=O) groups is 3. The molecule has 6 nitrogen and oxygen atoms in total. The van der Waals surface area contributed by atoms with Crippen molar-refractivity contribution in [2.24, 2.45) is 23.2 Å². The molecule has 3 atom stereocenters. The first-order valence-electron chi connectivity index (χ1n) is 7.53. The highest BCUT2D eigenvalue weighted by atomic mass is 16.6. The van der Waals surface area contributed by atoms with Gasteiger partial charge in [0.2, 0.25) is 0 Å². The predicted octanol–water partition coefficient (Wildman–Crippen LogP) is 1.48. The van der Waals surface area contributed by atoms with Crippen molar-refractivity contribution in [1.82, 2.24) is 0 Å². The summed E-state index contributed by atoms with van der Waals surface area (Å²) in [7, 11) is 1.32. The Labute approximate surface area is 129 Å². The fraction of sp³-hybridized carbons (Fsp3) is 0.688. The molecule has 0 spiro atoms. The van der Waals surface area contributed by atoms with Crippen LogP contribution in [-0.2, 0) is 28.6 Å². The zero-order chi connectivity index (χ0) is 16.5. The topological polar surface area (TPSA) is 78.9 Å². The van der Waals surface area contributed by atoms with E-state index >= 15 is 0 Å². The third-order valence-corrected chi connectivity index (χ3v) is 4.76. The fourth-order valence-electron chi connectivity index (χ4n) is 3.71. The summed E-state index contributed by atoms with van der Waals surface area (Å²) >= 11 is 0. The molecule has 0 aromatic heterocycles. The van der Waals surface area contributed by atoms with Crippen LogP contribution in [0.25, 0.3) is 0 Å². The van der Waals surface area contributed by atoms with E-state index in [9.17, 15) is 14.4 Å². The highest BCUT2D eigenvalue weighted by molar-refractivity contribution is 6.01. The van der Waals surface area contributed by atoms with Gasteiger partial charge in [0, 0.05) is 0 Å². The molecule has 2 aliphatic carbocycles. The lowest BCUT2D eigenvalue weighted by atomic mass is 9.63. The minimum absolute atomic E-state index is 0.0436. The van der Waals surface area contributed by atoms with E-state index in [0.717, 1.165) is 5.57 Å². The predicted molar refractivity (Wildman–Crippen MR) is 76.6 cm³/mol. The van der Waals surface area contributed by atoms with Crippen LogP contribution in [0.4, 0.5) is 0 Å². The van der Waals surface area contributed by atoms with E-state index in [1.54, 1.807) is 13.8 Å². The molecule has 2 aliphatic rings. The summed E-state index contributed by atoms with van der Waals surface area (Å²) in [6.07, 6.45) is 0.537. The van der Waals surface area contributed by atoms with Crippen molar-refractivity contribution in [1.29, 1.82) is 0 Å². The number of ether oxygens (including phenoxy) is 3. The highest BCUT2D eigenvalue weighted by Crippen LogP contribution is 2.61. The van der Waals surface area contributed by atoms with E-state index in [2.05, 4.69) is 6.58 Å². The molecule has 0 aromatic rings. The van der Waals surface area contributed by atoms with Crippen LogP contribution in [0.5, 0.6) is 0 Å². The van der Waals surface area contributed by atoms with Crippen molar-refractivity contribution in [3.8, 4) is 0 Å². The second kappa shape index (κ2) is 6.10. The van der Waals surface area contributed by atoms with Crippen LogP contribution in [0.3, 0.4) is 0 Å². The first-order chi connectivity index (χ1) is 10.4. The molecule has 2 fully saturated rings. The third-order valence-electron chi connectivity index (χ3n) is 4.76. The van der Waals surface area contributed by atoms with E-state index in [-0.39, 0.29) is 37.4 Å². The summed E-state index contributed by atoms with van der Waals surface area (Å²) in [6.45, 7) is 7.69. The molecular formula is C16H22O6. The molecule has 0 radical (unpaired) electrons. The Bertz CT molecular complexity index is 491. The summed E-state index contributed by atoms with van der Waals surface area (Å²) in [4.78, 5) is 36.6. The maximum atomic E-state index is 12.4. The first kappa shape index (κ1) is 16.5. The van der Waals surface area contributed by atoms with Crippen LogP contribution in [0, 0.1) is 23.2 Å². The molecule has 122 valence electrons. The molecule has 2 saturated carbocycles. The summed E-state index contributed by atoms with van der Waals surface area (Å²) in [5.74, 6) is -2.11. The molecule has 0 aromatic carbocycles. The van der Waals surface area contributed by atoms with Gasteiger partial charge in [0.15, 0.2) is 5.41 Å². The molecule has 0 amide bonds. The zero-order valence-electron chi connectivity index (χ0n) is 13.2. The maximum Gasteiger partial charge on any atom is 0.323 e. The van der Waals surface area contributed by atoms with Gasteiger partial charge >= 0.3 is 17.9 Å². The summed E-state index contributed by atoms with van der Waals surface area (Å²) in [6, 6.07) is 0. The van der Waals surface area contributed by atoms with Gasteiger partial charge in [0.25, 0.3) is 0 Å². The largest absolute Gasteiger partial charge is 0.469 e. The average molecular weight is 310 g/mol. The van der Waals surface area contributed by atoms with Gasteiger partial charge in [-0.15, -0.1) is 0 Å². The van der Waals surface area contributed by atoms with Gasteiger partial charge in [-0.1, -0.05) is 12.2 Å². The van der Waals surface area contributed by atoms with Gasteiger partial charge < -0.3 is 14.2 Å². The number of fused-ring (bicyclic) bond motifs is 1. The molecule has 0 bridgehead atoms. The third kappa shape index (κ3) is 2.30. The molecule has 0 heterocycles. The van der Waals surface area contributed by atoms with Crippen LogP contribution in [0.2, 0.25) is 0 Å². The standard InChI is InChI=1S/C16H22O6/c1-5-21-14(18)16(15(19)22-6-2)7-10-9(3)12(11(10)8-16)13(17)20-4/h10-12H,3,5-8H2,1-2,4H3/t10-,11-,12?/m0/s1. The molecule has 1 unspecified atom stereocenters. The van der Waals surface area contributed by atoms with Gasteiger partial charge in [-0.2, -0.15) is 0 Å². The Hall–Kier alpha value is -1.85. The second-order valence-corrected chi connectivity index (χ2v) is 5.78. The van der Waals surface area contributed by atoms with Gasteiger partial charge in [0.1, 0.15) is 0 Å². The van der Waals surface area contributed by atoms with Crippen molar-refractivity contribution in [2.45, 2.75) is 26.7 Å². The summed E-state index contributed by atoms with van der Waals surface area (Å²) in [5, 5.41) is 0. The van der Waals surface area contributed by atoms with Crippen molar-refractivity contribution in [3.05, 3.63) is 12.2 Å². The Balaban J connectivity index is 2.27. The van der Waals surface area contributed by atoms with Crippen LogP contribution in [0.1, 0.15) is 26.7 Å². The van der Waals surface area contributed by atoms with Crippen LogP contribution < -0.4 is 0 Å². The Morgan fingerprint density at radius 2 is 1.68 bits per heavy atom. The Morgan fingerprint density at radius 3 is 2.14 bits per heavy atom. The van der Waals surface area contributed by atoms with Gasteiger partial charge in [-0.3, -0.25) is 14.4 Å². The highest BCUT2D eigenvalue weighted by Gasteiger charge is 2.65. The zero-order valence-corrected chi connectivity index (χ0v) is 13.2. The van der Waals surface area contributed by atoms with Gasteiger partial charge in [-0.25, -0.2) is 0 Å².